The van der Waals surface area contributed by atoms with Crippen molar-refractivity contribution in [2.24, 2.45) is 0 Å². The SMILES string of the molecule is Clc1nnc(Cl)c(NCCC2=CCCCC2)n1. The Labute approximate surface area is 110 Å². The fourth-order valence-electron chi connectivity index (χ4n) is 1.88. The maximum Gasteiger partial charge on any atom is 0.245 e. The molecule has 0 unspecified atom stereocenters. The summed E-state index contributed by atoms with van der Waals surface area (Å²) < 4.78 is 0. The quantitative estimate of drug-likeness (QED) is 0.853. The van der Waals surface area contributed by atoms with Gasteiger partial charge in [0.1, 0.15) is 0 Å². The van der Waals surface area contributed by atoms with Crippen molar-refractivity contribution >= 4 is 29.0 Å². The van der Waals surface area contributed by atoms with Crippen LogP contribution in [0.15, 0.2) is 11.6 Å². The van der Waals surface area contributed by atoms with E-state index in [4.69, 9.17) is 23.2 Å². The molecule has 1 heterocycles. The highest BCUT2D eigenvalue weighted by molar-refractivity contribution is 6.32. The van der Waals surface area contributed by atoms with E-state index in [0.717, 1.165) is 13.0 Å². The molecule has 0 aromatic carbocycles. The minimum absolute atomic E-state index is 0.105. The summed E-state index contributed by atoms with van der Waals surface area (Å²) in [5.41, 5.74) is 1.51. The maximum absolute atomic E-state index is 5.85. The summed E-state index contributed by atoms with van der Waals surface area (Å²) >= 11 is 11.5. The molecule has 2 rings (SSSR count). The van der Waals surface area contributed by atoms with Crippen LogP contribution >= 0.6 is 23.2 Å². The third-order valence-corrected chi connectivity index (χ3v) is 3.16. The van der Waals surface area contributed by atoms with E-state index in [-0.39, 0.29) is 10.4 Å². The van der Waals surface area contributed by atoms with Gasteiger partial charge in [-0.15, -0.1) is 10.2 Å². The summed E-state index contributed by atoms with van der Waals surface area (Å²) in [7, 11) is 0. The zero-order valence-electron chi connectivity index (χ0n) is 9.42. The monoisotopic (exact) mass is 272 g/mol. The van der Waals surface area contributed by atoms with Crippen molar-refractivity contribution in [2.45, 2.75) is 32.1 Å². The first-order chi connectivity index (χ1) is 8.25. The fourth-order valence-corrected chi connectivity index (χ4v) is 2.15. The number of allylic oxidation sites excluding steroid dienone is 1. The molecule has 4 nitrogen and oxygen atoms in total. The van der Waals surface area contributed by atoms with E-state index in [9.17, 15) is 0 Å². The van der Waals surface area contributed by atoms with Crippen LogP contribution in [0.2, 0.25) is 10.4 Å². The third kappa shape index (κ3) is 3.82. The lowest BCUT2D eigenvalue weighted by atomic mass is 9.97. The van der Waals surface area contributed by atoms with Crippen molar-refractivity contribution in [3.8, 4) is 0 Å². The smallest absolute Gasteiger partial charge is 0.245 e. The Balaban J connectivity index is 1.85. The normalized spacial score (nSPS) is 15.5. The Hall–Kier alpha value is -0.870. The second kappa shape index (κ2) is 6.17. The van der Waals surface area contributed by atoms with E-state index >= 15 is 0 Å². The lowest BCUT2D eigenvalue weighted by Crippen LogP contribution is -2.07. The first kappa shape index (κ1) is 12.6. The molecule has 0 saturated heterocycles. The predicted octanol–water partition coefficient (Wildman–Crippen LogP) is 3.48. The summed E-state index contributed by atoms with van der Waals surface area (Å²) in [5, 5.41) is 10.7. The number of nitrogens with zero attached hydrogens (tertiary/aromatic N) is 3. The molecular weight excluding hydrogens is 259 g/mol. The second-order valence-corrected chi connectivity index (χ2v) is 4.70. The summed E-state index contributed by atoms with van der Waals surface area (Å²) in [5.74, 6) is 0.503. The molecule has 0 amide bonds. The molecule has 1 aliphatic carbocycles. The van der Waals surface area contributed by atoms with Gasteiger partial charge in [-0.2, -0.15) is 4.98 Å². The molecule has 0 fully saturated rings. The van der Waals surface area contributed by atoms with Gasteiger partial charge in [-0.1, -0.05) is 23.3 Å². The first-order valence-corrected chi connectivity index (χ1v) is 6.49. The van der Waals surface area contributed by atoms with Crippen LogP contribution in [0.3, 0.4) is 0 Å². The number of aromatic nitrogens is 3. The summed E-state index contributed by atoms with van der Waals surface area (Å²) in [6.45, 7) is 0.792. The van der Waals surface area contributed by atoms with Gasteiger partial charge in [-0.25, -0.2) is 0 Å². The van der Waals surface area contributed by atoms with Gasteiger partial charge in [0.25, 0.3) is 0 Å². The van der Waals surface area contributed by atoms with Gasteiger partial charge in [0.05, 0.1) is 0 Å². The van der Waals surface area contributed by atoms with Crippen molar-refractivity contribution < 1.29 is 0 Å². The van der Waals surface area contributed by atoms with Gasteiger partial charge in [-0.3, -0.25) is 0 Å². The Morgan fingerprint density at radius 3 is 2.88 bits per heavy atom. The molecule has 1 N–H and O–H groups in total. The van der Waals surface area contributed by atoms with Crippen LogP contribution in [0.5, 0.6) is 0 Å². The van der Waals surface area contributed by atoms with Crippen molar-refractivity contribution in [3.63, 3.8) is 0 Å². The van der Waals surface area contributed by atoms with E-state index < -0.39 is 0 Å². The molecular formula is C11H14Cl2N4. The Kier molecular flexibility index (Phi) is 4.57. The lowest BCUT2D eigenvalue weighted by molar-refractivity contribution is 0.679. The average Bonchev–Trinajstić information content (AvgIpc) is 2.35. The predicted molar refractivity (Wildman–Crippen MR) is 69.5 cm³/mol. The highest BCUT2D eigenvalue weighted by Gasteiger charge is 2.07. The van der Waals surface area contributed by atoms with Crippen LogP contribution in [0, 0.1) is 0 Å². The fraction of sp³-hybridized carbons (Fsp3) is 0.545. The van der Waals surface area contributed by atoms with Gasteiger partial charge in [-0.05, 0) is 43.7 Å². The average molecular weight is 273 g/mol. The minimum Gasteiger partial charge on any atom is -0.367 e. The number of halogens is 2. The third-order valence-electron chi connectivity index (χ3n) is 2.74. The highest BCUT2D eigenvalue weighted by atomic mass is 35.5. The molecule has 0 bridgehead atoms. The Morgan fingerprint density at radius 2 is 2.12 bits per heavy atom. The van der Waals surface area contributed by atoms with E-state index in [1.54, 1.807) is 0 Å². The topological polar surface area (TPSA) is 50.7 Å². The number of hydrogen-bond acceptors (Lipinski definition) is 4. The van der Waals surface area contributed by atoms with Crippen LogP contribution in [-0.2, 0) is 0 Å². The molecule has 17 heavy (non-hydrogen) atoms. The van der Waals surface area contributed by atoms with Gasteiger partial charge >= 0.3 is 0 Å². The number of anilines is 1. The summed E-state index contributed by atoms with van der Waals surface area (Å²) in [4.78, 5) is 3.98. The molecule has 0 atom stereocenters. The number of hydrogen-bond donors (Lipinski definition) is 1. The van der Waals surface area contributed by atoms with E-state index in [1.165, 1.54) is 31.3 Å². The molecule has 1 aliphatic rings. The van der Waals surface area contributed by atoms with Gasteiger partial charge in [0, 0.05) is 6.54 Å². The number of rotatable bonds is 4. The zero-order chi connectivity index (χ0) is 12.1. The molecule has 0 spiro atoms. The lowest BCUT2D eigenvalue weighted by Gasteiger charge is -2.13. The number of nitrogens with one attached hydrogen (secondary N) is 1. The van der Waals surface area contributed by atoms with Crippen molar-refractivity contribution in [1.82, 2.24) is 15.2 Å². The van der Waals surface area contributed by atoms with Crippen LogP contribution in [0.1, 0.15) is 32.1 Å². The van der Waals surface area contributed by atoms with E-state index in [1.807, 2.05) is 0 Å². The minimum atomic E-state index is 0.105. The van der Waals surface area contributed by atoms with Crippen molar-refractivity contribution in [3.05, 3.63) is 22.1 Å². The first-order valence-electron chi connectivity index (χ1n) is 5.73. The van der Waals surface area contributed by atoms with Crippen LogP contribution < -0.4 is 5.32 Å². The standard InChI is InChI=1S/C11H14Cl2N4/c12-9-10(15-11(13)17-16-9)14-7-6-8-4-2-1-3-5-8/h4H,1-3,5-7H2,(H,14,15,17). The van der Waals surface area contributed by atoms with Gasteiger partial charge in [0.15, 0.2) is 11.0 Å². The van der Waals surface area contributed by atoms with Crippen molar-refractivity contribution in [1.29, 1.82) is 0 Å². The van der Waals surface area contributed by atoms with Crippen LogP contribution in [-0.4, -0.2) is 21.7 Å². The van der Waals surface area contributed by atoms with Gasteiger partial charge < -0.3 is 5.32 Å². The van der Waals surface area contributed by atoms with E-state index in [2.05, 4.69) is 26.6 Å². The maximum atomic E-state index is 5.85. The molecule has 1 aromatic heterocycles. The van der Waals surface area contributed by atoms with Crippen molar-refractivity contribution in [2.75, 3.05) is 11.9 Å². The summed E-state index contributed by atoms with van der Waals surface area (Å²) in [6, 6.07) is 0. The van der Waals surface area contributed by atoms with Gasteiger partial charge in [0.2, 0.25) is 5.28 Å². The molecule has 0 radical (unpaired) electrons. The largest absolute Gasteiger partial charge is 0.367 e. The van der Waals surface area contributed by atoms with Crippen LogP contribution in [0.25, 0.3) is 0 Å². The summed E-state index contributed by atoms with van der Waals surface area (Å²) in [6.07, 6.45) is 8.37. The molecule has 1 aromatic rings. The highest BCUT2D eigenvalue weighted by Crippen LogP contribution is 2.21. The van der Waals surface area contributed by atoms with Crippen LogP contribution in [0.4, 0.5) is 5.82 Å². The Morgan fingerprint density at radius 1 is 1.24 bits per heavy atom. The second-order valence-electron chi connectivity index (χ2n) is 4.01. The molecule has 0 aliphatic heterocycles. The molecule has 6 heteroatoms. The molecule has 0 saturated carbocycles. The Bertz CT molecular complexity index is 420. The zero-order valence-corrected chi connectivity index (χ0v) is 10.9. The van der Waals surface area contributed by atoms with E-state index in [0.29, 0.717) is 5.82 Å². The molecule has 92 valence electrons.